The fourth-order valence-corrected chi connectivity index (χ4v) is 2.65. The van der Waals surface area contributed by atoms with Crippen molar-refractivity contribution >= 4 is 11.8 Å². The quantitative estimate of drug-likeness (QED) is 0.936. The van der Waals surface area contributed by atoms with E-state index < -0.39 is 12.1 Å². The number of hydrogen-bond donors (Lipinski definition) is 1. The molecule has 0 radical (unpaired) electrons. The second kappa shape index (κ2) is 5.40. The second-order valence-corrected chi connectivity index (χ2v) is 4.95. The van der Waals surface area contributed by atoms with E-state index in [-0.39, 0.29) is 5.78 Å². The molecule has 1 unspecified atom stereocenters. The van der Waals surface area contributed by atoms with Crippen molar-refractivity contribution in [3.05, 3.63) is 65.2 Å². The number of hydrogen-bond acceptors (Lipinski definition) is 3. The molecule has 0 bridgehead atoms. The van der Waals surface area contributed by atoms with E-state index in [0.29, 0.717) is 29.7 Å². The number of rotatable bonds is 4. The highest BCUT2D eigenvalue weighted by Crippen LogP contribution is 2.31. The van der Waals surface area contributed by atoms with Gasteiger partial charge in [-0.3, -0.25) is 4.79 Å². The number of benzene rings is 2. The number of carbonyl (C=O) groups excluding carboxylic acids is 1. The van der Waals surface area contributed by atoms with Crippen molar-refractivity contribution in [1.82, 2.24) is 0 Å². The molecule has 0 spiro atoms. The second-order valence-electron chi connectivity index (χ2n) is 4.95. The number of aliphatic carboxylic acids is 1. The average Bonchev–Trinajstić information content (AvgIpc) is 2.87. The van der Waals surface area contributed by atoms with Gasteiger partial charge in [-0.05, 0) is 24.1 Å². The van der Waals surface area contributed by atoms with E-state index in [4.69, 9.17) is 4.74 Å². The number of carbonyl (C=O) groups is 2. The zero-order valence-corrected chi connectivity index (χ0v) is 11.3. The molecule has 1 atom stereocenters. The van der Waals surface area contributed by atoms with Crippen molar-refractivity contribution in [2.24, 2.45) is 0 Å². The number of Topliss-reactive ketones (excluding diaryl/α,β-unsaturated/α-hetero) is 1. The topological polar surface area (TPSA) is 63.6 Å². The molecule has 0 saturated carbocycles. The van der Waals surface area contributed by atoms with E-state index in [1.165, 1.54) is 0 Å². The van der Waals surface area contributed by atoms with Crippen molar-refractivity contribution in [2.75, 3.05) is 0 Å². The zero-order chi connectivity index (χ0) is 14.8. The van der Waals surface area contributed by atoms with E-state index >= 15 is 0 Å². The summed E-state index contributed by atoms with van der Waals surface area (Å²) in [4.78, 5) is 23.4. The maximum absolute atomic E-state index is 11.8. The number of carboxylic acids is 1. The van der Waals surface area contributed by atoms with Gasteiger partial charge in [-0.15, -0.1) is 0 Å². The lowest BCUT2D eigenvalue weighted by Crippen LogP contribution is -2.19. The van der Waals surface area contributed by atoms with E-state index in [1.54, 1.807) is 42.5 Å². The van der Waals surface area contributed by atoms with Crippen molar-refractivity contribution in [1.29, 1.82) is 0 Å². The van der Waals surface area contributed by atoms with E-state index in [9.17, 15) is 14.7 Å². The molecule has 1 aliphatic rings. The lowest BCUT2D eigenvalue weighted by Gasteiger charge is -2.18. The van der Waals surface area contributed by atoms with E-state index in [2.05, 4.69) is 0 Å². The fraction of sp³-hybridized carbons (Fsp3) is 0.176. The molecular weight excluding hydrogens is 268 g/mol. The average molecular weight is 282 g/mol. The van der Waals surface area contributed by atoms with Crippen LogP contribution in [0.2, 0.25) is 0 Å². The predicted molar refractivity (Wildman–Crippen MR) is 76.5 cm³/mol. The SMILES string of the molecule is O=C1CCc2c1cccc2C(Oc1ccccc1)C(=O)O. The molecule has 4 heteroatoms. The molecule has 0 heterocycles. The lowest BCUT2D eigenvalue weighted by atomic mass is 9.98. The van der Waals surface area contributed by atoms with Gasteiger partial charge in [0.15, 0.2) is 5.78 Å². The minimum atomic E-state index is -1.10. The fourth-order valence-electron chi connectivity index (χ4n) is 2.65. The predicted octanol–water partition coefficient (Wildman–Crippen LogP) is 3.02. The Morgan fingerprint density at radius 2 is 1.81 bits per heavy atom. The molecule has 3 rings (SSSR count). The summed E-state index contributed by atoms with van der Waals surface area (Å²) >= 11 is 0. The highest BCUT2D eigenvalue weighted by molar-refractivity contribution is 6.01. The maximum atomic E-state index is 11.8. The van der Waals surface area contributed by atoms with Crippen LogP contribution < -0.4 is 4.74 Å². The first-order valence-electron chi connectivity index (χ1n) is 6.76. The van der Waals surface area contributed by atoms with Crippen LogP contribution in [-0.2, 0) is 11.2 Å². The highest BCUT2D eigenvalue weighted by atomic mass is 16.5. The molecule has 4 nitrogen and oxygen atoms in total. The van der Waals surface area contributed by atoms with Crippen LogP contribution in [0.4, 0.5) is 0 Å². The van der Waals surface area contributed by atoms with Crippen molar-refractivity contribution in [2.45, 2.75) is 18.9 Å². The van der Waals surface area contributed by atoms with Gasteiger partial charge in [-0.2, -0.15) is 0 Å². The number of ether oxygens (including phenoxy) is 1. The third-order valence-corrected chi connectivity index (χ3v) is 3.62. The van der Waals surface area contributed by atoms with Crippen LogP contribution >= 0.6 is 0 Å². The minimum absolute atomic E-state index is 0.0655. The highest BCUT2D eigenvalue weighted by Gasteiger charge is 2.30. The first-order chi connectivity index (χ1) is 10.2. The summed E-state index contributed by atoms with van der Waals surface area (Å²) < 4.78 is 5.61. The van der Waals surface area contributed by atoms with Gasteiger partial charge in [-0.1, -0.05) is 36.4 Å². The molecule has 0 aromatic heterocycles. The van der Waals surface area contributed by atoms with Gasteiger partial charge in [0.05, 0.1) is 0 Å². The van der Waals surface area contributed by atoms with Crippen LogP contribution in [0.5, 0.6) is 5.75 Å². The molecule has 21 heavy (non-hydrogen) atoms. The summed E-state index contributed by atoms with van der Waals surface area (Å²) in [6, 6.07) is 14.0. The minimum Gasteiger partial charge on any atom is -0.478 e. The van der Waals surface area contributed by atoms with Gasteiger partial charge >= 0.3 is 5.97 Å². The smallest absolute Gasteiger partial charge is 0.349 e. The van der Waals surface area contributed by atoms with Crippen LogP contribution in [0.25, 0.3) is 0 Å². The Kier molecular flexibility index (Phi) is 3.44. The Morgan fingerprint density at radius 3 is 2.52 bits per heavy atom. The molecule has 0 amide bonds. The van der Waals surface area contributed by atoms with Crippen molar-refractivity contribution in [3.63, 3.8) is 0 Å². The molecular formula is C17H14O4. The number of para-hydroxylation sites is 1. The normalized spacial score (nSPS) is 14.6. The molecule has 0 fully saturated rings. The first kappa shape index (κ1) is 13.4. The maximum Gasteiger partial charge on any atom is 0.349 e. The monoisotopic (exact) mass is 282 g/mol. The summed E-state index contributed by atoms with van der Waals surface area (Å²) in [5.41, 5.74) is 1.98. The number of fused-ring (bicyclic) bond motifs is 1. The van der Waals surface area contributed by atoms with Crippen molar-refractivity contribution < 1.29 is 19.4 Å². The standard InChI is InChI=1S/C17H14O4/c18-15-10-9-12-13(15)7-4-8-14(12)16(17(19)20)21-11-5-2-1-3-6-11/h1-8,16H,9-10H2,(H,19,20). The third-order valence-electron chi connectivity index (χ3n) is 3.62. The van der Waals surface area contributed by atoms with Crippen LogP contribution in [0.15, 0.2) is 48.5 Å². The lowest BCUT2D eigenvalue weighted by molar-refractivity contribution is -0.145. The van der Waals surface area contributed by atoms with E-state index in [1.807, 2.05) is 6.07 Å². The summed E-state index contributed by atoms with van der Waals surface area (Å²) in [7, 11) is 0. The van der Waals surface area contributed by atoms with Gasteiger partial charge in [0, 0.05) is 17.5 Å². The van der Waals surface area contributed by atoms with Gasteiger partial charge in [0.1, 0.15) is 5.75 Å². The Labute approximate surface area is 122 Å². The van der Waals surface area contributed by atoms with Crippen LogP contribution in [0, 0.1) is 0 Å². The molecule has 1 N–H and O–H groups in total. The molecule has 106 valence electrons. The number of ketones is 1. The Hall–Kier alpha value is -2.62. The molecule has 1 aliphatic carbocycles. The first-order valence-corrected chi connectivity index (χ1v) is 6.76. The van der Waals surface area contributed by atoms with Gasteiger partial charge in [0.2, 0.25) is 6.10 Å². The van der Waals surface area contributed by atoms with E-state index in [0.717, 1.165) is 5.56 Å². The largest absolute Gasteiger partial charge is 0.478 e. The van der Waals surface area contributed by atoms with Gasteiger partial charge in [0.25, 0.3) is 0 Å². The molecule has 0 saturated heterocycles. The van der Waals surface area contributed by atoms with Crippen LogP contribution in [0.1, 0.15) is 34.0 Å². The van der Waals surface area contributed by atoms with Gasteiger partial charge in [-0.25, -0.2) is 4.79 Å². The Bertz CT molecular complexity index is 691. The Morgan fingerprint density at radius 1 is 1.05 bits per heavy atom. The molecule has 0 aliphatic heterocycles. The third kappa shape index (κ3) is 2.52. The van der Waals surface area contributed by atoms with Crippen LogP contribution in [-0.4, -0.2) is 16.9 Å². The summed E-state index contributed by atoms with van der Waals surface area (Å²) in [5, 5.41) is 9.48. The van der Waals surface area contributed by atoms with Crippen LogP contribution in [0.3, 0.4) is 0 Å². The summed E-state index contributed by atoms with van der Waals surface area (Å²) in [6.45, 7) is 0. The summed E-state index contributed by atoms with van der Waals surface area (Å²) in [5.74, 6) is -0.505. The number of carboxylic acid groups (broad SMARTS) is 1. The molecule has 2 aromatic carbocycles. The zero-order valence-electron chi connectivity index (χ0n) is 11.3. The Balaban J connectivity index is 2.00. The molecule has 2 aromatic rings. The van der Waals surface area contributed by atoms with Gasteiger partial charge < -0.3 is 9.84 Å². The van der Waals surface area contributed by atoms with Crippen molar-refractivity contribution in [3.8, 4) is 5.75 Å². The summed E-state index contributed by atoms with van der Waals surface area (Å²) in [6.07, 6.45) is -0.0933.